The molecule has 2 aromatic rings. The number of benzene rings is 2. The third-order valence-corrected chi connectivity index (χ3v) is 8.91. The predicted molar refractivity (Wildman–Crippen MR) is 136 cm³/mol. The molecule has 1 amide bonds. The van der Waals surface area contributed by atoms with Crippen molar-refractivity contribution in [2.45, 2.75) is 70.3 Å². The lowest BCUT2D eigenvalue weighted by Crippen LogP contribution is -2.48. The Morgan fingerprint density at radius 2 is 1.66 bits per heavy atom. The molecule has 4 aliphatic carbocycles. The maximum atomic E-state index is 12.9. The molecule has 0 radical (unpaired) electrons. The maximum Gasteiger partial charge on any atom is 0.306 e. The Bertz CT molecular complexity index is 1050. The molecule has 0 unspecified atom stereocenters. The molecule has 4 bridgehead atoms. The standard InChI is InChI=1S/C30H37NO4/c1-3-23(29(33)34)13-19-4-9-27(35-2)25(14-19)18-31-28(32)24-5-7-26(8-6-24)30-15-20-10-21(16-30)12-22(11-20)17-30/h4-9,14,20-23H,3,10-13,15-18H2,1-2H3,(H,31,32)(H,33,34)/t20?,21?,22?,23-,30?/m0/s1. The largest absolute Gasteiger partial charge is 0.496 e. The third kappa shape index (κ3) is 4.82. The molecular formula is C30H37NO4. The molecule has 6 rings (SSSR count). The van der Waals surface area contributed by atoms with Crippen molar-refractivity contribution in [1.82, 2.24) is 5.32 Å². The van der Waals surface area contributed by atoms with Crippen LogP contribution in [0.15, 0.2) is 42.5 Å². The van der Waals surface area contributed by atoms with Crippen LogP contribution in [-0.2, 0) is 23.2 Å². The highest BCUT2D eigenvalue weighted by Gasteiger charge is 2.51. The van der Waals surface area contributed by atoms with E-state index in [0.717, 1.165) is 28.9 Å². The Labute approximate surface area is 208 Å². The van der Waals surface area contributed by atoms with Crippen LogP contribution in [0.1, 0.15) is 78.9 Å². The number of methoxy groups -OCH3 is 1. The molecule has 5 heteroatoms. The number of carboxylic acids is 1. The number of nitrogens with one attached hydrogen (secondary N) is 1. The zero-order valence-corrected chi connectivity index (χ0v) is 20.9. The van der Waals surface area contributed by atoms with Crippen molar-refractivity contribution in [1.29, 1.82) is 0 Å². The van der Waals surface area contributed by atoms with Gasteiger partial charge >= 0.3 is 5.97 Å². The van der Waals surface area contributed by atoms with E-state index in [1.54, 1.807) is 7.11 Å². The molecular weight excluding hydrogens is 438 g/mol. The molecule has 0 aliphatic heterocycles. The molecule has 4 saturated carbocycles. The summed E-state index contributed by atoms with van der Waals surface area (Å²) in [6, 6.07) is 14.1. The van der Waals surface area contributed by atoms with E-state index < -0.39 is 11.9 Å². The van der Waals surface area contributed by atoms with Crippen molar-refractivity contribution in [3.05, 3.63) is 64.7 Å². The molecule has 186 valence electrons. The Kier molecular flexibility index (Phi) is 6.61. The second-order valence-corrected chi connectivity index (χ2v) is 11.3. The summed E-state index contributed by atoms with van der Waals surface area (Å²) in [5, 5.41) is 12.4. The van der Waals surface area contributed by atoms with Gasteiger partial charge < -0.3 is 15.2 Å². The number of aliphatic carboxylic acids is 1. The van der Waals surface area contributed by atoms with Crippen LogP contribution >= 0.6 is 0 Å². The van der Waals surface area contributed by atoms with Crippen LogP contribution in [0.4, 0.5) is 0 Å². The lowest BCUT2D eigenvalue weighted by molar-refractivity contribution is -0.141. The first kappa shape index (κ1) is 23.9. The monoisotopic (exact) mass is 475 g/mol. The minimum Gasteiger partial charge on any atom is -0.496 e. The molecule has 35 heavy (non-hydrogen) atoms. The van der Waals surface area contributed by atoms with Crippen LogP contribution in [0, 0.1) is 23.7 Å². The fourth-order valence-electron chi connectivity index (χ4n) is 7.50. The van der Waals surface area contributed by atoms with Gasteiger partial charge in [0, 0.05) is 17.7 Å². The van der Waals surface area contributed by atoms with Gasteiger partial charge in [-0.05, 0) is 104 Å². The van der Waals surface area contributed by atoms with E-state index in [0.29, 0.717) is 36.1 Å². The van der Waals surface area contributed by atoms with Crippen molar-refractivity contribution in [3.63, 3.8) is 0 Å². The van der Waals surface area contributed by atoms with E-state index in [1.165, 1.54) is 44.1 Å². The van der Waals surface area contributed by atoms with Crippen molar-refractivity contribution in [3.8, 4) is 5.75 Å². The van der Waals surface area contributed by atoms with Gasteiger partial charge in [0.05, 0.1) is 13.0 Å². The summed E-state index contributed by atoms with van der Waals surface area (Å²) in [5.74, 6) is 2.09. The normalized spacial score (nSPS) is 27.4. The van der Waals surface area contributed by atoms with Crippen LogP contribution in [0.3, 0.4) is 0 Å². The van der Waals surface area contributed by atoms with Gasteiger partial charge in [0.1, 0.15) is 5.75 Å². The van der Waals surface area contributed by atoms with E-state index in [9.17, 15) is 14.7 Å². The van der Waals surface area contributed by atoms with Gasteiger partial charge in [-0.2, -0.15) is 0 Å². The van der Waals surface area contributed by atoms with E-state index in [4.69, 9.17) is 4.74 Å². The fraction of sp³-hybridized carbons (Fsp3) is 0.533. The number of rotatable bonds is 9. The number of amides is 1. The quantitative estimate of drug-likeness (QED) is 0.484. The molecule has 4 aliphatic rings. The van der Waals surface area contributed by atoms with Crippen LogP contribution in [0.25, 0.3) is 0 Å². The van der Waals surface area contributed by atoms with Gasteiger partial charge in [-0.15, -0.1) is 0 Å². The first-order valence-electron chi connectivity index (χ1n) is 13.2. The van der Waals surface area contributed by atoms with Crippen molar-refractivity contribution >= 4 is 11.9 Å². The van der Waals surface area contributed by atoms with Crippen molar-refractivity contribution in [2.24, 2.45) is 23.7 Å². The first-order chi connectivity index (χ1) is 16.9. The number of carbonyl (C=O) groups excluding carboxylic acids is 1. The number of carboxylic acid groups (broad SMARTS) is 1. The first-order valence-corrected chi connectivity index (χ1v) is 13.2. The average Bonchev–Trinajstić information content (AvgIpc) is 2.85. The van der Waals surface area contributed by atoms with Gasteiger partial charge in [0.25, 0.3) is 5.91 Å². The van der Waals surface area contributed by atoms with Gasteiger partial charge in [-0.3, -0.25) is 9.59 Å². The Morgan fingerprint density at radius 1 is 1.03 bits per heavy atom. The third-order valence-electron chi connectivity index (χ3n) is 8.91. The Hall–Kier alpha value is -2.82. The highest BCUT2D eigenvalue weighted by molar-refractivity contribution is 5.94. The fourth-order valence-corrected chi connectivity index (χ4v) is 7.50. The lowest BCUT2D eigenvalue weighted by Gasteiger charge is -2.57. The summed E-state index contributed by atoms with van der Waals surface area (Å²) in [6.07, 6.45) is 9.29. The van der Waals surface area contributed by atoms with E-state index in [-0.39, 0.29) is 5.91 Å². The Balaban J connectivity index is 1.25. The van der Waals surface area contributed by atoms with Gasteiger partial charge in [-0.1, -0.05) is 31.2 Å². The van der Waals surface area contributed by atoms with Crippen molar-refractivity contribution < 1.29 is 19.4 Å². The van der Waals surface area contributed by atoms with E-state index >= 15 is 0 Å². The molecule has 2 N–H and O–H groups in total. The van der Waals surface area contributed by atoms with Crippen LogP contribution in [0.5, 0.6) is 5.75 Å². The van der Waals surface area contributed by atoms with Crippen LogP contribution < -0.4 is 10.1 Å². The summed E-state index contributed by atoms with van der Waals surface area (Å²) in [5.41, 5.74) is 4.22. The highest BCUT2D eigenvalue weighted by atomic mass is 16.5. The minimum atomic E-state index is -0.782. The summed E-state index contributed by atoms with van der Waals surface area (Å²) in [6.45, 7) is 2.22. The van der Waals surface area contributed by atoms with E-state index in [1.807, 2.05) is 37.3 Å². The van der Waals surface area contributed by atoms with Crippen LogP contribution in [-0.4, -0.2) is 24.1 Å². The summed E-state index contributed by atoms with van der Waals surface area (Å²) in [4.78, 5) is 24.4. The second-order valence-electron chi connectivity index (χ2n) is 11.3. The number of hydrogen-bond acceptors (Lipinski definition) is 3. The van der Waals surface area contributed by atoms with Gasteiger partial charge in [0.15, 0.2) is 0 Å². The molecule has 0 heterocycles. The molecule has 4 fully saturated rings. The molecule has 0 saturated heterocycles. The Morgan fingerprint density at radius 3 is 2.20 bits per heavy atom. The SMILES string of the molecule is CC[C@@H](Cc1ccc(OC)c(CNC(=O)c2ccc(C34CC5CC(CC(C5)C3)C4)cc2)c1)C(=O)O. The van der Waals surface area contributed by atoms with Gasteiger partial charge in [0.2, 0.25) is 0 Å². The average molecular weight is 476 g/mol. The maximum absolute atomic E-state index is 12.9. The molecule has 5 nitrogen and oxygen atoms in total. The minimum absolute atomic E-state index is 0.105. The molecule has 1 atom stereocenters. The smallest absolute Gasteiger partial charge is 0.306 e. The molecule has 0 aromatic heterocycles. The lowest BCUT2D eigenvalue weighted by atomic mass is 9.48. The summed E-state index contributed by atoms with van der Waals surface area (Å²) >= 11 is 0. The van der Waals surface area contributed by atoms with Crippen LogP contribution in [0.2, 0.25) is 0 Å². The molecule has 2 aromatic carbocycles. The second kappa shape index (κ2) is 9.67. The zero-order chi connectivity index (χ0) is 24.6. The predicted octanol–water partition coefficient (Wildman–Crippen LogP) is 5.75. The number of hydrogen-bond donors (Lipinski definition) is 2. The molecule has 0 spiro atoms. The number of carbonyl (C=O) groups is 2. The van der Waals surface area contributed by atoms with Gasteiger partial charge in [-0.25, -0.2) is 0 Å². The number of ether oxygens (including phenoxy) is 1. The zero-order valence-electron chi connectivity index (χ0n) is 20.9. The van der Waals surface area contributed by atoms with E-state index in [2.05, 4.69) is 17.4 Å². The summed E-state index contributed by atoms with van der Waals surface area (Å²) < 4.78 is 5.48. The summed E-state index contributed by atoms with van der Waals surface area (Å²) in [7, 11) is 1.61. The van der Waals surface area contributed by atoms with Crippen molar-refractivity contribution in [2.75, 3.05) is 7.11 Å². The topological polar surface area (TPSA) is 75.6 Å². The highest BCUT2D eigenvalue weighted by Crippen LogP contribution is 2.60.